The molecule has 0 aromatic rings. The standard InChI is InChI=1S/C12H21F3N2O2/c1-3-10(2,5-7-18)17-9(19)11(12(13,14)15)4-6-16-8-11/h16,18H,3-8H2,1-2H3,(H,17,19). The highest BCUT2D eigenvalue weighted by molar-refractivity contribution is 5.85. The summed E-state index contributed by atoms with van der Waals surface area (Å²) in [5.74, 6) is -0.997. The van der Waals surface area contributed by atoms with Gasteiger partial charge in [-0.1, -0.05) is 6.92 Å². The molecule has 0 saturated carbocycles. The molecule has 2 atom stereocenters. The van der Waals surface area contributed by atoms with Crippen molar-refractivity contribution in [2.75, 3.05) is 19.7 Å². The van der Waals surface area contributed by atoms with Crippen LogP contribution < -0.4 is 10.6 Å². The molecule has 1 amide bonds. The molecule has 3 N–H and O–H groups in total. The minimum absolute atomic E-state index is 0.176. The first-order chi connectivity index (χ1) is 8.71. The number of alkyl halides is 3. The van der Waals surface area contributed by atoms with Crippen LogP contribution in [0.3, 0.4) is 0 Å². The van der Waals surface area contributed by atoms with Gasteiger partial charge in [0.15, 0.2) is 5.41 Å². The SMILES string of the molecule is CCC(C)(CCO)NC(=O)C1(C(F)(F)F)CCNC1. The molecule has 1 fully saturated rings. The Labute approximate surface area is 110 Å². The third-order valence-corrected chi connectivity index (χ3v) is 3.99. The first-order valence-electron chi connectivity index (χ1n) is 6.42. The molecule has 1 aliphatic rings. The van der Waals surface area contributed by atoms with Crippen molar-refractivity contribution in [2.45, 2.75) is 44.8 Å². The van der Waals surface area contributed by atoms with Crippen LogP contribution in [0.4, 0.5) is 13.2 Å². The molecule has 1 saturated heterocycles. The van der Waals surface area contributed by atoms with E-state index in [4.69, 9.17) is 5.11 Å². The van der Waals surface area contributed by atoms with Crippen molar-refractivity contribution in [3.05, 3.63) is 0 Å². The van der Waals surface area contributed by atoms with Crippen molar-refractivity contribution in [1.29, 1.82) is 0 Å². The molecule has 0 spiro atoms. The van der Waals surface area contributed by atoms with E-state index in [0.717, 1.165) is 0 Å². The van der Waals surface area contributed by atoms with E-state index in [9.17, 15) is 18.0 Å². The second-order valence-corrected chi connectivity index (χ2v) is 5.35. The molecular weight excluding hydrogens is 261 g/mol. The Hall–Kier alpha value is -0.820. The highest BCUT2D eigenvalue weighted by Crippen LogP contribution is 2.43. The Balaban J connectivity index is 2.90. The van der Waals surface area contributed by atoms with Crippen LogP contribution in [0.2, 0.25) is 0 Å². The average Bonchev–Trinajstić information content (AvgIpc) is 2.78. The van der Waals surface area contributed by atoms with Gasteiger partial charge in [-0.25, -0.2) is 0 Å². The van der Waals surface area contributed by atoms with Gasteiger partial charge in [0.05, 0.1) is 0 Å². The topological polar surface area (TPSA) is 61.4 Å². The van der Waals surface area contributed by atoms with E-state index < -0.39 is 23.0 Å². The van der Waals surface area contributed by atoms with Crippen LogP contribution in [0.5, 0.6) is 0 Å². The van der Waals surface area contributed by atoms with Gasteiger partial charge < -0.3 is 15.7 Å². The number of aliphatic hydroxyl groups is 1. The quantitative estimate of drug-likeness (QED) is 0.710. The van der Waals surface area contributed by atoms with Gasteiger partial charge in [-0.2, -0.15) is 13.2 Å². The van der Waals surface area contributed by atoms with Gasteiger partial charge in [-0.15, -0.1) is 0 Å². The lowest BCUT2D eigenvalue weighted by molar-refractivity contribution is -0.216. The monoisotopic (exact) mass is 282 g/mol. The van der Waals surface area contributed by atoms with E-state index >= 15 is 0 Å². The van der Waals surface area contributed by atoms with Gasteiger partial charge in [0.1, 0.15) is 0 Å². The van der Waals surface area contributed by atoms with Crippen molar-refractivity contribution >= 4 is 5.91 Å². The van der Waals surface area contributed by atoms with Gasteiger partial charge in [0.2, 0.25) is 5.91 Å². The summed E-state index contributed by atoms with van der Waals surface area (Å²) >= 11 is 0. The molecule has 2 unspecified atom stereocenters. The first-order valence-corrected chi connectivity index (χ1v) is 6.42. The van der Waals surface area contributed by atoms with Crippen molar-refractivity contribution in [3.8, 4) is 0 Å². The predicted octanol–water partition coefficient (Wildman–Crippen LogP) is 1.20. The second kappa shape index (κ2) is 5.66. The fourth-order valence-electron chi connectivity index (χ4n) is 2.22. The summed E-state index contributed by atoms with van der Waals surface area (Å²) in [7, 11) is 0. The van der Waals surface area contributed by atoms with Crippen LogP contribution in [-0.4, -0.2) is 42.4 Å². The van der Waals surface area contributed by atoms with Gasteiger partial charge in [-0.3, -0.25) is 4.79 Å². The second-order valence-electron chi connectivity index (χ2n) is 5.35. The average molecular weight is 282 g/mol. The molecule has 0 aromatic heterocycles. The molecule has 0 radical (unpaired) electrons. The van der Waals surface area contributed by atoms with Crippen molar-refractivity contribution in [3.63, 3.8) is 0 Å². The molecule has 112 valence electrons. The maximum Gasteiger partial charge on any atom is 0.404 e. The smallest absolute Gasteiger partial charge is 0.396 e. The summed E-state index contributed by atoms with van der Waals surface area (Å²) < 4.78 is 39.5. The number of carbonyl (C=O) groups is 1. The first kappa shape index (κ1) is 16.2. The lowest BCUT2D eigenvalue weighted by atomic mass is 9.83. The summed E-state index contributed by atoms with van der Waals surface area (Å²) in [5, 5.41) is 14.0. The molecule has 19 heavy (non-hydrogen) atoms. The molecule has 7 heteroatoms. The van der Waals surface area contributed by atoms with Crippen LogP contribution in [0, 0.1) is 5.41 Å². The zero-order chi connectivity index (χ0) is 14.7. The number of carbonyl (C=O) groups excluding carboxylic acids is 1. The largest absolute Gasteiger partial charge is 0.404 e. The summed E-state index contributed by atoms with van der Waals surface area (Å²) in [6.07, 6.45) is -4.13. The van der Waals surface area contributed by atoms with Crippen molar-refractivity contribution in [1.82, 2.24) is 10.6 Å². The highest BCUT2D eigenvalue weighted by atomic mass is 19.4. The lowest BCUT2D eigenvalue weighted by Crippen LogP contribution is -2.58. The number of aliphatic hydroxyl groups excluding tert-OH is 1. The van der Waals surface area contributed by atoms with E-state index in [2.05, 4.69) is 10.6 Å². The molecule has 0 bridgehead atoms. The van der Waals surface area contributed by atoms with E-state index in [1.54, 1.807) is 13.8 Å². The van der Waals surface area contributed by atoms with Crippen molar-refractivity contribution in [2.24, 2.45) is 5.41 Å². The number of halogens is 3. The molecule has 1 heterocycles. The van der Waals surface area contributed by atoms with Gasteiger partial charge >= 0.3 is 6.18 Å². The van der Waals surface area contributed by atoms with Crippen LogP contribution >= 0.6 is 0 Å². The third kappa shape index (κ3) is 3.20. The molecule has 0 aliphatic carbocycles. The fourth-order valence-corrected chi connectivity index (χ4v) is 2.22. The molecule has 0 aromatic carbocycles. The number of hydrogen-bond donors (Lipinski definition) is 3. The van der Waals surface area contributed by atoms with Crippen LogP contribution in [0.1, 0.15) is 33.1 Å². The zero-order valence-electron chi connectivity index (χ0n) is 11.2. The third-order valence-electron chi connectivity index (χ3n) is 3.99. The normalized spacial score (nSPS) is 27.1. The van der Waals surface area contributed by atoms with E-state index in [0.29, 0.717) is 6.42 Å². The summed E-state index contributed by atoms with van der Waals surface area (Å²) in [5.41, 5.74) is -3.16. The number of hydrogen-bond acceptors (Lipinski definition) is 3. The van der Waals surface area contributed by atoms with Crippen LogP contribution in [0.25, 0.3) is 0 Å². The maximum absolute atomic E-state index is 13.2. The molecule has 1 aliphatic heterocycles. The lowest BCUT2D eigenvalue weighted by Gasteiger charge is -2.36. The minimum atomic E-state index is -4.57. The highest BCUT2D eigenvalue weighted by Gasteiger charge is 2.61. The summed E-state index contributed by atoms with van der Waals surface area (Å²) in [6, 6.07) is 0. The van der Waals surface area contributed by atoms with E-state index in [1.807, 2.05) is 0 Å². The van der Waals surface area contributed by atoms with Gasteiger partial charge in [-0.05, 0) is 32.7 Å². The number of nitrogens with one attached hydrogen (secondary N) is 2. The Morgan fingerprint density at radius 1 is 1.47 bits per heavy atom. The maximum atomic E-state index is 13.2. The summed E-state index contributed by atoms with van der Waals surface area (Å²) in [6.45, 7) is 3.02. The molecule has 1 rings (SSSR count). The number of rotatable bonds is 5. The fraction of sp³-hybridized carbons (Fsp3) is 0.917. The van der Waals surface area contributed by atoms with Crippen molar-refractivity contribution < 1.29 is 23.1 Å². The van der Waals surface area contributed by atoms with E-state index in [1.165, 1.54) is 0 Å². The Morgan fingerprint density at radius 2 is 2.11 bits per heavy atom. The van der Waals surface area contributed by atoms with Gasteiger partial charge in [0, 0.05) is 18.7 Å². The Morgan fingerprint density at radius 3 is 2.47 bits per heavy atom. The zero-order valence-corrected chi connectivity index (χ0v) is 11.2. The summed E-state index contributed by atoms with van der Waals surface area (Å²) in [4.78, 5) is 12.1. The molecule has 4 nitrogen and oxygen atoms in total. The van der Waals surface area contributed by atoms with Crippen LogP contribution in [-0.2, 0) is 4.79 Å². The predicted molar refractivity (Wildman–Crippen MR) is 64.5 cm³/mol. The molecular formula is C12H21F3N2O2. The number of amides is 1. The Kier molecular flexibility index (Phi) is 4.84. The van der Waals surface area contributed by atoms with E-state index in [-0.39, 0.29) is 32.5 Å². The Bertz CT molecular complexity index is 327. The van der Waals surface area contributed by atoms with Gasteiger partial charge in [0.25, 0.3) is 0 Å². The van der Waals surface area contributed by atoms with Crippen LogP contribution in [0.15, 0.2) is 0 Å². The minimum Gasteiger partial charge on any atom is -0.396 e.